The molecule has 0 atom stereocenters. The zero-order valence-corrected chi connectivity index (χ0v) is 6.87. The van der Waals surface area contributed by atoms with Crippen molar-refractivity contribution < 1.29 is 20.4 Å². The predicted octanol–water partition coefficient (Wildman–Crippen LogP) is -1.91. The van der Waals surface area contributed by atoms with Gasteiger partial charge in [0, 0.05) is 115 Å². The Morgan fingerprint density at radius 2 is 0.333 bits per heavy atom. The Balaban J connectivity index is 0. The summed E-state index contributed by atoms with van der Waals surface area (Å²) in [6, 6.07) is 0. The van der Waals surface area contributed by atoms with E-state index in [1.807, 2.05) is 0 Å². The largest absolute Gasteiger partial charge is 0 e. The van der Waals surface area contributed by atoms with Crippen LogP contribution in [-0.4, -0.2) is 94.3 Å². The average Bonchev–Trinajstić information content (AvgIpc) is 0. The minimum Gasteiger partial charge on any atom is 0 e. The maximum absolute atomic E-state index is 0. The first-order valence-electron chi connectivity index (χ1n) is 0. The zero-order chi connectivity index (χ0) is 0. The summed E-state index contributed by atoms with van der Waals surface area (Å²) < 4.78 is 0. The van der Waals surface area contributed by atoms with Crippen LogP contribution in [0.25, 0.3) is 0 Å². The van der Waals surface area contributed by atoms with Crippen LogP contribution in [0.4, 0.5) is 0 Å². The van der Waals surface area contributed by atoms with Crippen LogP contribution in [0.5, 0.6) is 0 Å². The van der Waals surface area contributed by atoms with Crippen molar-refractivity contribution in [2.75, 3.05) is 0 Å². The van der Waals surface area contributed by atoms with Crippen LogP contribution in [0.2, 0.25) is 0 Å². The summed E-state index contributed by atoms with van der Waals surface area (Å²) in [7, 11) is 0. The predicted molar refractivity (Wildman–Crippen MR) is 28.8 cm³/mol. The first-order valence-corrected chi connectivity index (χ1v) is 0. The van der Waals surface area contributed by atoms with E-state index < -0.39 is 0 Å². The maximum atomic E-state index is 0. The summed E-state index contributed by atoms with van der Waals surface area (Å²) in [6.07, 6.45) is 0. The van der Waals surface area contributed by atoms with Crippen LogP contribution in [0.1, 0.15) is 0 Å². The Morgan fingerprint density at radius 3 is 0.333 bits per heavy atom. The van der Waals surface area contributed by atoms with Crippen molar-refractivity contribution in [3.05, 3.63) is 0 Å². The van der Waals surface area contributed by atoms with Gasteiger partial charge in [0.25, 0.3) is 0 Å². The van der Waals surface area contributed by atoms with Gasteiger partial charge in [-0.15, -0.1) is 0 Å². The summed E-state index contributed by atoms with van der Waals surface area (Å²) in [5.41, 5.74) is 0. The molecule has 15 valence electrons. The molecule has 0 aromatic rings. The molecule has 0 aliphatic heterocycles. The third-order valence-corrected chi connectivity index (χ3v) is 0. The molecule has 0 nitrogen and oxygen atoms in total. The smallest absolute Gasteiger partial charge is 0 e. The molecule has 0 spiro atoms. The van der Waals surface area contributed by atoms with Crippen molar-refractivity contribution in [3.63, 3.8) is 0 Å². The molecule has 6 heavy (non-hydrogen) atoms. The van der Waals surface area contributed by atoms with Crippen LogP contribution in [0, 0.1) is 0 Å². The van der Waals surface area contributed by atoms with E-state index in [-0.39, 0.29) is 115 Å². The Bertz CT molecular complexity index is 3.90. The van der Waals surface area contributed by atoms with Gasteiger partial charge in [0.1, 0.15) is 0 Å². The SMILES string of the molecule is [Li].[Li].[Li].[Li].[Li].[Pd]. The molecule has 0 heterocycles. The van der Waals surface area contributed by atoms with Gasteiger partial charge >= 0.3 is 0 Å². The van der Waals surface area contributed by atoms with Crippen molar-refractivity contribution >= 4 is 94.3 Å². The molecule has 0 aliphatic carbocycles. The Labute approximate surface area is 113 Å². The molecule has 0 aliphatic rings. The standard InChI is InChI=1S/5Li.Pd. The summed E-state index contributed by atoms with van der Waals surface area (Å²) in [4.78, 5) is 0. The normalized spacial score (nSPS) is 0. The minimum atomic E-state index is 0. The molecule has 5 radical (unpaired) electrons. The van der Waals surface area contributed by atoms with Crippen molar-refractivity contribution in [1.82, 2.24) is 0 Å². The topological polar surface area (TPSA) is 0 Å². The van der Waals surface area contributed by atoms with Gasteiger partial charge in [-0.2, -0.15) is 0 Å². The molecule has 0 aromatic carbocycles. The monoisotopic (exact) mass is 141 g/mol. The second-order valence-corrected chi connectivity index (χ2v) is 0. The summed E-state index contributed by atoms with van der Waals surface area (Å²) in [6.45, 7) is 0. The van der Waals surface area contributed by atoms with Crippen molar-refractivity contribution in [3.8, 4) is 0 Å². The molecule has 6 heteroatoms. The Kier molecular flexibility index (Phi) is 343. The van der Waals surface area contributed by atoms with Gasteiger partial charge in [-0.25, -0.2) is 0 Å². The second kappa shape index (κ2) is 38.0. The van der Waals surface area contributed by atoms with E-state index >= 15 is 0 Å². The van der Waals surface area contributed by atoms with E-state index in [4.69, 9.17) is 0 Å². The molecule has 0 unspecified atom stereocenters. The first kappa shape index (κ1) is 54.2. The van der Waals surface area contributed by atoms with E-state index in [2.05, 4.69) is 0 Å². The molecule has 0 amide bonds. The van der Waals surface area contributed by atoms with Crippen molar-refractivity contribution in [2.45, 2.75) is 0 Å². The van der Waals surface area contributed by atoms with Gasteiger partial charge in [-0.1, -0.05) is 0 Å². The summed E-state index contributed by atoms with van der Waals surface area (Å²) in [5, 5.41) is 0. The van der Waals surface area contributed by atoms with Gasteiger partial charge in [0.05, 0.1) is 0 Å². The van der Waals surface area contributed by atoms with E-state index in [0.717, 1.165) is 0 Å². The summed E-state index contributed by atoms with van der Waals surface area (Å²) >= 11 is 0. The molecular formula is Li5Pd. The van der Waals surface area contributed by atoms with Gasteiger partial charge < -0.3 is 0 Å². The molecule has 0 saturated carbocycles. The second-order valence-electron chi connectivity index (χ2n) is 0. The van der Waals surface area contributed by atoms with E-state index in [9.17, 15) is 0 Å². The van der Waals surface area contributed by atoms with Gasteiger partial charge in [-0.05, 0) is 0 Å². The fourth-order valence-electron chi connectivity index (χ4n) is 0. The summed E-state index contributed by atoms with van der Waals surface area (Å²) in [5.74, 6) is 0. The van der Waals surface area contributed by atoms with E-state index in [1.165, 1.54) is 0 Å². The van der Waals surface area contributed by atoms with Gasteiger partial charge in [-0.3, -0.25) is 0 Å². The third-order valence-electron chi connectivity index (χ3n) is 0. The van der Waals surface area contributed by atoms with Crippen LogP contribution in [-0.2, 0) is 20.4 Å². The molecule has 0 bridgehead atoms. The van der Waals surface area contributed by atoms with Crippen LogP contribution in [0.3, 0.4) is 0 Å². The number of rotatable bonds is 0. The molecule has 0 rings (SSSR count). The number of hydrogen-bond acceptors (Lipinski definition) is 0. The molecular weight excluding hydrogens is 141 g/mol. The van der Waals surface area contributed by atoms with Crippen LogP contribution in [0.15, 0.2) is 0 Å². The van der Waals surface area contributed by atoms with Gasteiger partial charge in [0.2, 0.25) is 0 Å². The zero-order valence-electron chi connectivity index (χ0n) is 5.32. The minimum absolute atomic E-state index is 0. The Morgan fingerprint density at radius 1 is 0.333 bits per heavy atom. The number of hydrogen-bond donors (Lipinski definition) is 0. The third kappa shape index (κ3) is 25.4. The van der Waals surface area contributed by atoms with Gasteiger partial charge in [0.15, 0.2) is 0 Å². The average molecular weight is 141 g/mol. The van der Waals surface area contributed by atoms with E-state index in [0.29, 0.717) is 0 Å². The molecule has 0 aromatic heterocycles. The molecule has 0 saturated heterocycles. The van der Waals surface area contributed by atoms with E-state index in [1.54, 1.807) is 0 Å². The van der Waals surface area contributed by atoms with Crippen molar-refractivity contribution in [1.29, 1.82) is 0 Å². The molecule has 0 fully saturated rings. The van der Waals surface area contributed by atoms with Crippen molar-refractivity contribution in [2.24, 2.45) is 0 Å². The fourth-order valence-corrected chi connectivity index (χ4v) is 0. The van der Waals surface area contributed by atoms with Crippen LogP contribution >= 0.6 is 0 Å². The molecule has 0 N–H and O–H groups in total. The van der Waals surface area contributed by atoms with Crippen LogP contribution < -0.4 is 0 Å². The fraction of sp³-hybridized carbons (Fsp3) is 0. The Hall–Kier alpha value is 3.65. The maximum Gasteiger partial charge on any atom is 0 e. The quantitative estimate of drug-likeness (QED) is 0.345. The first-order chi connectivity index (χ1) is 0.